The van der Waals surface area contributed by atoms with Crippen molar-refractivity contribution < 1.29 is 9.66 Å². The molecule has 0 fully saturated rings. The summed E-state index contributed by atoms with van der Waals surface area (Å²) in [5, 5.41) is 10.7. The molecule has 0 saturated carbocycles. The summed E-state index contributed by atoms with van der Waals surface area (Å²) in [6.45, 7) is 5.23. The maximum Gasteiger partial charge on any atom is 0.269 e. The van der Waals surface area contributed by atoms with Gasteiger partial charge in [-0.15, -0.1) is 0 Å². The fourth-order valence-electron chi connectivity index (χ4n) is 1.78. The lowest BCUT2D eigenvalue weighted by Gasteiger charge is -2.11. The zero-order chi connectivity index (χ0) is 13.5. The van der Waals surface area contributed by atoms with Crippen molar-refractivity contribution in [3.63, 3.8) is 0 Å². The zero-order valence-corrected chi connectivity index (χ0v) is 10.9. The summed E-state index contributed by atoms with van der Waals surface area (Å²) in [7, 11) is 0. The van der Waals surface area contributed by atoms with E-state index in [2.05, 4.69) is 13.8 Å². The van der Waals surface area contributed by atoms with Crippen molar-refractivity contribution in [2.24, 2.45) is 5.92 Å². The first-order valence-electron chi connectivity index (χ1n) is 6.15. The molecule has 2 N–H and O–H groups in total. The van der Waals surface area contributed by atoms with Crippen molar-refractivity contribution in [2.75, 3.05) is 12.3 Å². The van der Waals surface area contributed by atoms with E-state index in [1.165, 1.54) is 12.1 Å². The first-order chi connectivity index (χ1) is 8.54. The Balaban J connectivity index is 2.56. The van der Waals surface area contributed by atoms with E-state index in [1.807, 2.05) is 0 Å². The molecule has 1 aromatic rings. The minimum atomic E-state index is -0.428. The lowest BCUT2D eigenvalue weighted by atomic mass is 10.1. The van der Waals surface area contributed by atoms with Crippen LogP contribution in [0.1, 0.15) is 32.3 Å². The summed E-state index contributed by atoms with van der Waals surface area (Å²) >= 11 is 0. The van der Waals surface area contributed by atoms with Gasteiger partial charge in [-0.3, -0.25) is 10.1 Å². The van der Waals surface area contributed by atoms with Crippen LogP contribution in [0.3, 0.4) is 0 Å². The summed E-state index contributed by atoms with van der Waals surface area (Å²) in [6, 6.07) is 4.42. The molecule has 0 aliphatic heterocycles. The number of nitro benzene ring substituents is 1. The summed E-state index contributed by atoms with van der Waals surface area (Å²) in [5.41, 5.74) is 7.01. The summed E-state index contributed by atoms with van der Waals surface area (Å²) in [4.78, 5) is 10.2. The fourth-order valence-corrected chi connectivity index (χ4v) is 1.78. The Labute approximate surface area is 107 Å². The van der Waals surface area contributed by atoms with Crippen LogP contribution >= 0.6 is 0 Å². The highest BCUT2D eigenvalue weighted by Gasteiger charge is 2.09. The molecule has 1 aromatic carbocycles. The number of benzene rings is 1. The minimum Gasteiger partial charge on any atom is -0.398 e. The quantitative estimate of drug-likeness (QED) is 0.459. The highest BCUT2D eigenvalue weighted by molar-refractivity contribution is 5.52. The van der Waals surface area contributed by atoms with Crippen molar-refractivity contribution in [3.8, 4) is 0 Å². The number of hydrogen-bond acceptors (Lipinski definition) is 4. The van der Waals surface area contributed by atoms with Crippen LogP contribution in [0.2, 0.25) is 0 Å². The SMILES string of the molecule is CCCC(C)COCc1cc([N+](=O)[O-])ccc1N. The Morgan fingerprint density at radius 1 is 1.50 bits per heavy atom. The molecule has 0 heterocycles. The van der Waals surface area contributed by atoms with Crippen molar-refractivity contribution in [3.05, 3.63) is 33.9 Å². The van der Waals surface area contributed by atoms with Crippen LogP contribution in [-0.4, -0.2) is 11.5 Å². The van der Waals surface area contributed by atoms with E-state index >= 15 is 0 Å². The third-order valence-corrected chi connectivity index (χ3v) is 2.78. The zero-order valence-electron chi connectivity index (χ0n) is 10.9. The van der Waals surface area contributed by atoms with Crippen LogP contribution in [0.15, 0.2) is 18.2 Å². The van der Waals surface area contributed by atoms with Gasteiger partial charge in [0, 0.05) is 30.0 Å². The molecule has 0 radical (unpaired) electrons. The van der Waals surface area contributed by atoms with Crippen LogP contribution in [0, 0.1) is 16.0 Å². The standard InChI is InChI=1S/C13H20N2O3/c1-3-4-10(2)8-18-9-11-7-12(15(16)17)5-6-13(11)14/h5-7,10H,3-4,8-9,14H2,1-2H3. The Morgan fingerprint density at radius 2 is 2.22 bits per heavy atom. The molecule has 0 saturated heterocycles. The molecule has 1 rings (SSSR count). The Bertz CT molecular complexity index is 407. The monoisotopic (exact) mass is 252 g/mol. The molecule has 0 aliphatic rings. The normalized spacial score (nSPS) is 12.3. The van der Waals surface area contributed by atoms with Crippen LogP contribution in [0.25, 0.3) is 0 Å². The number of rotatable bonds is 7. The average Bonchev–Trinajstić information content (AvgIpc) is 2.31. The van der Waals surface area contributed by atoms with Crippen molar-refractivity contribution in [1.29, 1.82) is 0 Å². The summed E-state index contributed by atoms with van der Waals surface area (Å²) < 4.78 is 5.55. The Morgan fingerprint density at radius 3 is 2.83 bits per heavy atom. The molecule has 1 atom stereocenters. The second kappa shape index (κ2) is 6.96. The molecule has 0 aliphatic carbocycles. The van der Waals surface area contributed by atoms with E-state index in [-0.39, 0.29) is 5.69 Å². The van der Waals surface area contributed by atoms with E-state index in [0.717, 1.165) is 12.8 Å². The van der Waals surface area contributed by atoms with Gasteiger partial charge in [-0.2, -0.15) is 0 Å². The van der Waals surface area contributed by atoms with Crippen molar-refractivity contribution in [1.82, 2.24) is 0 Å². The average molecular weight is 252 g/mol. The molecule has 5 heteroatoms. The number of hydrogen-bond donors (Lipinski definition) is 1. The van der Waals surface area contributed by atoms with Gasteiger partial charge < -0.3 is 10.5 Å². The van der Waals surface area contributed by atoms with Gasteiger partial charge >= 0.3 is 0 Å². The number of nitrogen functional groups attached to an aromatic ring is 1. The molecule has 100 valence electrons. The lowest BCUT2D eigenvalue weighted by Crippen LogP contribution is -2.07. The third-order valence-electron chi connectivity index (χ3n) is 2.78. The van der Waals surface area contributed by atoms with Gasteiger partial charge in [0.15, 0.2) is 0 Å². The largest absolute Gasteiger partial charge is 0.398 e. The molecule has 0 bridgehead atoms. The van der Waals surface area contributed by atoms with Crippen molar-refractivity contribution >= 4 is 11.4 Å². The molecule has 0 spiro atoms. The van der Waals surface area contributed by atoms with Gasteiger partial charge in [0.1, 0.15) is 0 Å². The van der Waals surface area contributed by atoms with Crippen LogP contribution in [0.4, 0.5) is 11.4 Å². The maximum absolute atomic E-state index is 10.7. The molecule has 5 nitrogen and oxygen atoms in total. The van der Waals surface area contributed by atoms with E-state index in [4.69, 9.17) is 10.5 Å². The van der Waals surface area contributed by atoms with Crippen LogP contribution in [-0.2, 0) is 11.3 Å². The number of nitro groups is 1. The minimum absolute atomic E-state index is 0.0457. The number of non-ortho nitro benzene ring substituents is 1. The Kier molecular flexibility index (Phi) is 5.58. The number of nitrogens with zero attached hydrogens (tertiary/aromatic N) is 1. The molecular formula is C13H20N2O3. The fraction of sp³-hybridized carbons (Fsp3) is 0.538. The van der Waals surface area contributed by atoms with Gasteiger partial charge in [-0.25, -0.2) is 0 Å². The van der Waals surface area contributed by atoms with Gasteiger partial charge in [0.25, 0.3) is 5.69 Å². The first-order valence-corrected chi connectivity index (χ1v) is 6.15. The second-order valence-corrected chi connectivity index (χ2v) is 4.55. The van der Waals surface area contributed by atoms with Gasteiger partial charge in [-0.1, -0.05) is 20.3 Å². The molecule has 0 amide bonds. The topological polar surface area (TPSA) is 78.4 Å². The summed E-state index contributed by atoms with van der Waals surface area (Å²) in [6.07, 6.45) is 2.24. The van der Waals surface area contributed by atoms with E-state index in [1.54, 1.807) is 6.07 Å². The van der Waals surface area contributed by atoms with E-state index < -0.39 is 4.92 Å². The van der Waals surface area contributed by atoms with E-state index in [9.17, 15) is 10.1 Å². The molecule has 1 unspecified atom stereocenters. The van der Waals surface area contributed by atoms with Gasteiger partial charge in [0.05, 0.1) is 11.5 Å². The van der Waals surface area contributed by atoms with Gasteiger partial charge in [-0.05, 0) is 18.4 Å². The first kappa shape index (κ1) is 14.4. The van der Waals surface area contributed by atoms with Crippen molar-refractivity contribution in [2.45, 2.75) is 33.3 Å². The lowest BCUT2D eigenvalue weighted by molar-refractivity contribution is -0.384. The molecule has 18 heavy (non-hydrogen) atoms. The number of anilines is 1. The predicted octanol–water partition coefficient (Wildman–Crippen LogP) is 3.13. The molecule has 0 aromatic heterocycles. The predicted molar refractivity (Wildman–Crippen MR) is 71.2 cm³/mol. The third kappa shape index (κ3) is 4.33. The van der Waals surface area contributed by atoms with E-state index in [0.29, 0.717) is 30.4 Å². The van der Waals surface area contributed by atoms with Crippen LogP contribution in [0.5, 0.6) is 0 Å². The Hall–Kier alpha value is -1.62. The number of ether oxygens (including phenoxy) is 1. The smallest absolute Gasteiger partial charge is 0.269 e. The second-order valence-electron chi connectivity index (χ2n) is 4.55. The van der Waals surface area contributed by atoms with Gasteiger partial charge in [0.2, 0.25) is 0 Å². The highest BCUT2D eigenvalue weighted by Crippen LogP contribution is 2.20. The number of nitrogens with two attached hydrogens (primary N) is 1. The maximum atomic E-state index is 10.7. The van der Waals surface area contributed by atoms with Crippen LogP contribution < -0.4 is 5.73 Å². The highest BCUT2D eigenvalue weighted by atomic mass is 16.6. The summed E-state index contributed by atoms with van der Waals surface area (Å²) in [5.74, 6) is 0.495. The molecular weight excluding hydrogens is 232 g/mol.